The van der Waals surface area contributed by atoms with E-state index in [9.17, 15) is 22.4 Å². The van der Waals surface area contributed by atoms with Crippen molar-refractivity contribution in [2.24, 2.45) is 0 Å². The van der Waals surface area contributed by atoms with Gasteiger partial charge in [-0.1, -0.05) is 30.3 Å². The molecule has 8 heteroatoms. The van der Waals surface area contributed by atoms with Gasteiger partial charge < -0.3 is 10.6 Å². The lowest BCUT2D eigenvalue weighted by molar-refractivity contribution is -0.139. The molecule has 0 bridgehead atoms. The Hall–Kier alpha value is -3.42. The highest BCUT2D eigenvalue weighted by Gasteiger charge is 2.34. The van der Waals surface area contributed by atoms with Crippen LogP contribution in [0.5, 0.6) is 0 Å². The third kappa shape index (κ3) is 4.59. The van der Waals surface area contributed by atoms with Crippen LogP contribution in [0.3, 0.4) is 0 Å². The Kier molecular flexibility index (Phi) is 5.86. The van der Waals surface area contributed by atoms with Crippen molar-refractivity contribution in [2.75, 3.05) is 10.6 Å². The largest absolute Gasteiger partial charge is 0.419 e. The number of urea groups is 1. The van der Waals surface area contributed by atoms with Crippen LogP contribution in [0.1, 0.15) is 29.5 Å². The molecule has 32 heavy (non-hydrogen) atoms. The van der Waals surface area contributed by atoms with Gasteiger partial charge in [-0.25, -0.2) is 13.6 Å². The summed E-state index contributed by atoms with van der Waals surface area (Å²) in [6.45, 7) is 0. The van der Waals surface area contributed by atoms with Gasteiger partial charge in [-0.15, -0.1) is 0 Å². The van der Waals surface area contributed by atoms with Gasteiger partial charge in [-0.3, -0.25) is 0 Å². The average molecular weight is 446 g/mol. The van der Waals surface area contributed by atoms with Crippen LogP contribution in [-0.2, 0) is 19.0 Å². The first-order valence-corrected chi connectivity index (χ1v) is 10.1. The van der Waals surface area contributed by atoms with E-state index >= 15 is 4.39 Å². The van der Waals surface area contributed by atoms with Crippen molar-refractivity contribution in [3.63, 3.8) is 0 Å². The summed E-state index contributed by atoms with van der Waals surface area (Å²) in [7, 11) is 0. The molecule has 0 spiro atoms. The first-order chi connectivity index (χ1) is 15.2. The summed E-state index contributed by atoms with van der Waals surface area (Å²) in [5, 5.41) is 4.48. The Bertz CT molecular complexity index is 1170. The maximum atomic E-state index is 15.1. The van der Waals surface area contributed by atoms with E-state index in [1.54, 1.807) is 12.1 Å². The molecule has 3 aromatic carbocycles. The number of amides is 2. The molecule has 2 N–H and O–H groups in total. The number of hydrogen-bond donors (Lipinski definition) is 2. The molecule has 0 fully saturated rings. The molecule has 0 saturated carbocycles. The minimum absolute atomic E-state index is 0.129. The molecule has 0 heterocycles. The molecular formula is C24H19F5N2O. The number of carbonyl (C=O) groups is 1. The average Bonchev–Trinajstić information content (AvgIpc) is 2.75. The monoisotopic (exact) mass is 446 g/mol. The lowest BCUT2D eigenvalue weighted by atomic mass is 9.89. The lowest BCUT2D eigenvalue weighted by Crippen LogP contribution is -2.21. The van der Waals surface area contributed by atoms with Crippen molar-refractivity contribution in [2.45, 2.75) is 31.9 Å². The zero-order valence-electron chi connectivity index (χ0n) is 16.8. The molecule has 1 aliphatic rings. The van der Waals surface area contributed by atoms with Gasteiger partial charge in [0.25, 0.3) is 0 Å². The van der Waals surface area contributed by atoms with E-state index in [0.29, 0.717) is 23.3 Å². The van der Waals surface area contributed by atoms with Gasteiger partial charge in [0.2, 0.25) is 0 Å². The predicted molar refractivity (Wildman–Crippen MR) is 113 cm³/mol. The number of fused-ring (bicyclic) bond motifs is 1. The molecule has 3 nitrogen and oxygen atoms in total. The maximum Gasteiger partial charge on any atom is 0.419 e. The summed E-state index contributed by atoms with van der Waals surface area (Å²) >= 11 is 0. The Labute approximate surface area is 181 Å². The Morgan fingerprint density at radius 3 is 2.34 bits per heavy atom. The van der Waals surface area contributed by atoms with E-state index in [4.69, 9.17) is 0 Å². The fraction of sp³-hybridized carbons (Fsp3) is 0.208. The summed E-state index contributed by atoms with van der Waals surface area (Å²) in [5.41, 5.74) is 1.51. The fourth-order valence-electron chi connectivity index (χ4n) is 3.86. The normalized spacial score (nSPS) is 13.4. The minimum atomic E-state index is -4.91. The number of hydrogen-bond acceptors (Lipinski definition) is 1. The summed E-state index contributed by atoms with van der Waals surface area (Å²) in [4.78, 5) is 12.3. The van der Waals surface area contributed by atoms with Crippen LogP contribution in [0.25, 0.3) is 11.1 Å². The summed E-state index contributed by atoms with van der Waals surface area (Å²) in [5.74, 6) is -2.11. The van der Waals surface area contributed by atoms with E-state index < -0.39 is 29.4 Å². The van der Waals surface area contributed by atoms with Crippen molar-refractivity contribution in [3.05, 3.63) is 82.9 Å². The first-order valence-electron chi connectivity index (χ1n) is 10.1. The molecule has 1 aliphatic carbocycles. The van der Waals surface area contributed by atoms with Gasteiger partial charge in [-0.2, -0.15) is 13.2 Å². The van der Waals surface area contributed by atoms with Crippen molar-refractivity contribution in [3.8, 4) is 11.1 Å². The Balaban J connectivity index is 1.54. The summed E-state index contributed by atoms with van der Waals surface area (Å²) in [6.07, 6.45) is -0.760. The van der Waals surface area contributed by atoms with E-state index in [0.717, 1.165) is 31.7 Å². The van der Waals surface area contributed by atoms with Gasteiger partial charge in [0, 0.05) is 11.3 Å². The van der Waals surface area contributed by atoms with Crippen LogP contribution in [0.15, 0.2) is 54.6 Å². The smallest absolute Gasteiger partial charge is 0.308 e. The Morgan fingerprint density at radius 1 is 0.844 bits per heavy atom. The SMILES string of the molecule is O=C(Nc1ccc(F)c(C(F)(F)F)c1)Nc1cccc(-c2ccc3c(c2)CCCC3)c1F. The fourth-order valence-corrected chi connectivity index (χ4v) is 3.86. The second-order valence-corrected chi connectivity index (χ2v) is 7.63. The third-order valence-electron chi connectivity index (χ3n) is 5.44. The van der Waals surface area contributed by atoms with Crippen molar-refractivity contribution in [1.29, 1.82) is 0 Å². The Morgan fingerprint density at radius 2 is 1.59 bits per heavy atom. The van der Waals surface area contributed by atoms with Gasteiger partial charge in [0.15, 0.2) is 5.82 Å². The van der Waals surface area contributed by atoms with E-state index in [1.165, 1.54) is 17.2 Å². The highest BCUT2D eigenvalue weighted by atomic mass is 19.4. The van der Waals surface area contributed by atoms with Crippen molar-refractivity contribution >= 4 is 17.4 Å². The minimum Gasteiger partial charge on any atom is -0.308 e. The van der Waals surface area contributed by atoms with Crippen LogP contribution >= 0.6 is 0 Å². The second-order valence-electron chi connectivity index (χ2n) is 7.63. The topological polar surface area (TPSA) is 41.1 Å². The van der Waals surface area contributed by atoms with Crippen molar-refractivity contribution in [1.82, 2.24) is 0 Å². The highest BCUT2D eigenvalue weighted by molar-refractivity contribution is 6.00. The number of anilines is 2. The van der Waals surface area contributed by atoms with Gasteiger partial charge in [-0.05, 0) is 66.6 Å². The van der Waals surface area contributed by atoms with E-state index in [2.05, 4.69) is 10.6 Å². The third-order valence-corrected chi connectivity index (χ3v) is 5.44. The summed E-state index contributed by atoms with van der Waals surface area (Å²) < 4.78 is 67.1. The van der Waals surface area contributed by atoms with Crippen LogP contribution in [0.2, 0.25) is 0 Å². The first kappa shape index (κ1) is 21.8. The number of aryl methyl sites for hydroxylation is 2. The molecule has 4 rings (SSSR count). The number of halogens is 5. The zero-order valence-corrected chi connectivity index (χ0v) is 16.8. The quantitative estimate of drug-likeness (QED) is 0.412. The van der Waals surface area contributed by atoms with E-state index in [1.807, 2.05) is 18.2 Å². The molecule has 0 aromatic heterocycles. The van der Waals surface area contributed by atoms with Crippen LogP contribution in [0.4, 0.5) is 38.1 Å². The molecule has 166 valence electrons. The molecule has 0 unspecified atom stereocenters. The maximum absolute atomic E-state index is 15.1. The van der Waals surface area contributed by atoms with Gasteiger partial charge >= 0.3 is 12.2 Å². The number of rotatable bonds is 3. The van der Waals surface area contributed by atoms with Crippen LogP contribution < -0.4 is 10.6 Å². The molecule has 3 aromatic rings. The predicted octanol–water partition coefficient (Wildman–Crippen LogP) is 7.17. The standard InChI is InChI=1S/C24H19F5N2O/c25-20-11-10-17(13-19(20)24(27,28)29)30-23(32)31-21-7-3-6-18(22(21)26)16-9-8-14-4-1-2-5-15(14)12-16/h3,6-13H,1-2,4-5H2,(H2,30,31,32). The molecule has 0 radical (unpaired) electrons. The van der Waals surface area contributed by atoms with Crippen molar-refractivity contribution < 1.29 is 26.7 Å². The number of nitrogens with one attached hydrogen (secondary N) is 2. The van der Waals surface area contributed by atoms with Gasteiger partial charge in [0.05, 0.1) is 11.3 Å². The second kappa shape index (κ2) is 8.61. The van der Waals surface area contributed by atoms with E-state index in [-0.39, 0.29) is 11.4 Å². The number of carbonyl (C=O) groups excluding carboxylic acids is 1. The number of benzene rings is 3. The zero-order chi connectivity index (χ0) is 22.9. The molecule has 0 atom stereocenters. The van der Waals surface area contributed by atoms with Gasteiger partial charge in [0.1, 0.15) is 5.82 Å². The molecule has 0 saturated heterocycles. The van der Waals surface area contributed by atoms with Crippen LogP contribution in [-0.4, -0.2) is 6.03 Å². The highest BCUT2D eigenvalue weighted by Crippen LogP contribution is 2.34. The molecule has 2 amide bonds. The lowest BCUT2D eigenvalue weighted by Gasteiger charge is -2.17. The number of alkyl halides is 3. The van der Waals surface area contributed by atoms with Crippen LogP contribution in [0, 0.1) is 11.6 Å². The molecule has 0 aliphatic heterocycles. The molecular weight excluding hydrogens is 427 g/mol. The summed E-state index contributed by atoms with van der Waals surface area (Å²) in [6, 6.07) is 11.4.